The Hall–Kier alpha value is -1.32. The Morgan fingerprint density at radius 3 is 2.75 bits per heavy atom. The predicted molar refractivity (Wildman–Crippen MR) is 63.0 cm³/mol. The Labute approximate surface area is 96.6 Å². The molecule has 0 amide bonds. The first-order valence-corrected chi connectivity index (χ1v) is 5.82. The SMILES string of the molecule is CCCCCCOc1c(C=O)c(C)nn1C. The number of carbonyl (C=O) groups is 1. The van der Waals surface area contributed by atoms with Crippen LogP contribution in [0.5, 0.6) is 5.88 Å². The largest absolute Gasteiger partial charge is 0.477 e. The van der Waals surface area contributed by atoms with E-state index in [1.165, 1.54) is 19.3 Å². The summed E-state index contributed by atoms with van der Waals surface area (Å²) in [6, 6.07) is 0. The number of hydrogen-bond acceptors (Lipinski definition) is 3. The van der Waals surface area contributed by atoms with E-state index in [1.54, 1.807) is 11.7 Å². The van der Waals surface area contributed by atoms with Gasteiger partial charge in [0.2, 0.25) is 5.88 Å². The molecule has 1 aromatic rings. The molecule has 0 aliphatic carbocycles. The summed E-state index contributed by atoms with van der Waals surface area (Å²) in [6.07, 6.45) is 5.45. The zero-order valence-corrected chi connectivity index (χ0v) is 10.3. The van der Waals surface area contributed by atoms with Gasteiger partial charge in [-0.3, -0.25) is 4.79 Å². The summed E-state index contributed by atoms with van der Waals surface area (Å²) in [5.74, 6) is 0.587. The number of unbranched alkanes of at least 4 members (excludes halogenated alkanes) is 3. The minimum absolute atomic E-state index is 0.568. The van der Waals surface area contributed by atoms with Crippen molar-refractivity contribution in [3.8, 4) is 5.88 Å². The van der Waals surface area contributed by atoms with Crippen molar-refractivity contribution < 1.29 is 9.53 Å². The summed E-state index contributed by atoms with van der Waals surface area (Å²) in [6.45, 7) is 4.64. The second-order valence-corrected chi connectivity index (χ2v) is 3.95. The van der Waals surface area contributed by atoms with Crippen LogP contribution in [0.4, 0.5) is 0 Å². The molecule has 0 spiro atoms. The van der Waals surface area contributed by atoms with Gasteiger partial charge in [0.25, 0.3) is 0 Å². The van der Waals surface area contributed by atoms with Crippen molar-refractivity contribution in [2.24, 2.45) is 7.05 Å². The fraction of sp³-hybridized carbons (Fsp3) is 0.667. The predicted octanol–water partition coefficient (Wildman–Crippen LogP) is 2.50. The van der Waals surface area contributed by atoms with E-state index in [4.69, 9.17) is 4.74 Å². The standard InChI is InChI=1S/C12H20N2O2/c1-4-5-6-7-8-16-12-11(9-15)10(2)13-14(12)3/h9H,4-8H2,1-3H3. The molecule has 0 radical (unpaired) electrons. The van der Waals surface area contributed by atoms with Gasteiger partial charge in [-0.15, -0.1) is 0 Å². The van der Waals surface area contributed by atoms with E-state index in [0.717, 1.165) is 18.4 Å². The van der Waals surface area contributed by atoms with E-state index in [0.29, 0.717) is 18.1 Å². The van der Waals surface area contributed by atoms with E-state index in [-0.39, 0.29) is 0 Å². The minimum Gasteiger partial charge on any atom is -0.477 e. The Bertz CT molecular complexity index is 345. The van der Waals surface area contributed by atoms with Gasteiger partial charge in [-0.2, -0.15) is 5.10 Å². The molecule has 0 unspecified atom stereocenters. The maximum atomic E-state index is 10.9. The van der Waals surface area contributed by atoms with Crippen molar-refractivity contribution in [2.75, 3.05) is 6.61 Å². The van der Waals surface area contributed by atoms with Crippen LogP contribution in [0.15, 0.2) is 0 Å². The third-order valence-corrected chi connectivity index (χ3v) is 2.57. The van der Waals surface area contributed by atoms with Crippen LogP contribution < -0.4 is 4.74 Å². The van der Waals surface area contributed by atoms with E-state index in [9.17, 15) is 4.79 Å². The molecule has 4 heteroatoms. The Morgan fingerprint density at radius 1 is 1.38 bits per heavy atom. The molecular weight excluding hydrogens is 204 g/mol. The monoisotopic (exact) mass is 224 g/mol. The zero-order valence-electron chi connectivity index (χ0n) is 10.3. The summed E-state index contributed by atoms with van der Waals surface area (Å²) in [7, 11) is 1.79. The highest BCUT2D eigenvalue weighted by Crippen LogP contribution is 2.19. The molecule has 1 rings (SSSR count). The average Bonchev–Trinajstić information content (AvgIpc) is 2.53. The molecule has 1 heterocycles. The highest BCUT2D eigenvalue weighted by Gasteiger charge is 2.13. The molecule has 0 aliphatic rings. The topological polar surface area (TPSA) is 44.1 Å². The number of carbonyl (C=O) groups excluding carboxylic acids is 1. The van der Waals surface area contributed by atoms with Gasteiger partial charge in [-0.05, 0) is 13.3 Å². The number of aromatic nitrogens is 2. The molecule has 0 N–H and O–H groups in total. The molecule has 4 nitrogen and oxygen atoms in total. The van der Waals surface area contributed by atoms with Crippen LogP contribution >= 0.6 is 0 Å². The van der Waals surface area contributed by atoms with Gasteiger partial charge in [0.1, 0.15) is 0 Å². The minimum atomic E-state index is 0.568. The Kier molecular flexibility index (Phi) is 5.02. The summed E-state index contributed by atoms with van der Waals surface area (Å²) in [5, 5.41) is 4.16. The lowest BCUT2D eigenvalue weighted by atomic mass is 10.2. The fourth-order valence-corrected chi connectivity index (χ4v) is 1.66. The van der Waals surface area contributed by atoms with E-state index < -0.39 is 0 Å². The molecule has 1 aromatic heterocycles. The van der Waals surface area contributed by atoms with Crippen LogP contribution in [-0.4, -0.2) is 22.7 Å². The van der Waals surface area contributed by atoms with Crippen molar-refractivity contribution in [3.63, 3.8) is 0 Å². The van der Waals surface area contributed by atoms with Crippen molar-refractivity contribution in [3.05, 3.63) is 11.3 Å². The molecular formula is C12H20N2O2. The number of hydrogen-bond donors (Lipinski definition) is 0. The van der Waals surface area contributed by atoms with Crippen molar-refractivity contribution in [2.45, 2.75) is 39.5 Å². The zero-order chi connectivity index (χ0) is 12.0. The first-order valence-electron chi connectivity index (χ1n) is 5.82. The normalized spacial score (nSPS) is 10.4. The summed E-state index contributed by atoms with van der Waals surface area (Å²) in [5.41, 5.74) is 1.29. The van der Waals surface area contributed by atoms with Crippen LogP contribution in [-0.2, 0) is 7.05 Å². The number of aldehydes is 1. The van der Waals surface area contributed by atoms with Crippen LogP contribution in [0, 0.1) is 6.92 Å². The first kappa shape index (κ1) is 12.7. The number of nitrogens with zero attached hydrogens (tertiary/aromatic N) is 2. The summed E-state index contributed by atoms with van der Waals surface area (Å²) >= 11 is 0. The maximum absolute atomic E-state index is 10.9. The van der Waals surface area contributed by atoms with Gasteiger partial charge in [-0.25, -0.2) is 4.68 Å². The third-order valence-electron chi connectivity index (χ3n) is 2.57. The van der Waals surface area contributed by atoms with Crippen LogP contribution in [0.25, 0.3) is 0 Å². The molecule has 0 fully saturated rings. The lowest BCUT2D eigenvalue weighted by molar-refractivity contribution is 0.111. The maximum Gasteiger partial charge on any atom is 0.222 e. The van der Waals surface area contributed by atoms with Gasteiger partial charge in [0.05, 0.1) is 17.9 Å². The first-order chi connectivity index (χ1) is 7.70. The lowest BCUT2D eigenvalue weighted by Crippen LogP contribution is -2.03. The van der Waals surface area contributed by atoms with Gasteiger partial charge in [0.15, 0.2) is 6.29 Å². The van der Waals surface area contributed by atoms with Crippen LogP contribution in [0.2, 0.25) is 0 Å². The highest BCUT2D eigenvalue weighted by molar-refractivity contribution is 5.79. The van der Waals surface area contributed by atoms with Gasteiger partial charge in [-0.1, -0.05) is 26.2 Å². The third kappa shape index (κ3) is 3.08. The smallest absolute Gasteiger partial charge is 0.222 e. The molecule has 0 atom stereocenters. The fourth-order valence-electron chi connectivity index (χ4n) is 1.66. The number of aryl methyl sites for hydroxylation is 2. The van der Waals surface area contributed by atoms with Crippen molar-refractivity contribution >= 4 is 6.29 Å². The van der Waals surface area contributed by atoms with Gasteiger partial charge >= 0.3 is 0 Å². The number of rotatable bonds is 7. The van der Waals surface area contributed by atoms with Crippen LogP contribution in [0.1, 0.15) is 48.7 Å². The van der Waals surface area contributed by atoms with E-state index in [1.807, 2.05) is 6.92 Å². The van der Waals surface area contributed by atoms with Crippen LogP contribution in [0.3, 0.4) is 0 Å². The molecule has 0 saturated carbocycles. The second kappa shape index (κ2) is 6.30. The lowest BCUT2D eigenvalue weighted by Gasteiger charge is -2.06. The summed E-state index contributed by atoms with van der Waals surface area (Å²) < 4.78 is 7.22. The molecule has 0 aliphatic heterocycles. The molecule has 90 valence electrons. The van der Waals surface area contributed by atoms with E-state index in [2.05, 4.69) is 12.0 Å². The summed E-state index contributed by atoms with van der Waals surface area (Å²) in [4.78, 5) is 10.9. The molecule has 16 heavy (non-hydrogen) atoms. The second-order valence-electron chi connectivity index (χ2n) is 3.95. The molecule has 0 bridgehead atoms. The number of ether oxygens (including phenoxy) is 1. The quantitative estimate of drug-likeness (QED) is 0.528. The Morgan fingerprint density at radius 2 is 2.12 bits per heavy atom. The van der Waals surface area contributed by atoms with E-state index >= 15 is 0 Å². The highest BCUT2D eigenvalue weighted by atomic mass is 16.5. The van der Waals surface area contributed by atoms with Gasteiger partial charge < -0.3 is 4.74 Å². The van der Waals surface area contributed by atoms with Crippen molar-refractivity contribution in [1.82, 2.24) is 9.78 Å². The Balaban J connectivity index is 2.49. The molecule has 0 aromatic carbocycles. The molecule has 0 saturated heterocycles. The average molecular weight is 224 g/mol. The van der Waals surface area contributed by atoms with Gasteiger partial charge in [0, 0.05) is 7.05 Å². The van der Waals surface area contributed by atoms with Crippen molar-refractivity contribution in [1.29, 1.82) is 0 Å².